The third-order valence-corrected chi connectivity index (χ3v) is 5.70. The standard InChI is InChI=1S/C23H28Cl2FN3O2/c1-3-5-6-16(4-2)22(30)27-13-14-29(19-10-7-17(26)8-11-19)23(31)28-18-9-12-20(24)21(25)15-18/h7-12,15-16H,3-6,13-14H2,1-2H3,(H,27,30)(H,28,31). The van der Waals surface area contributed by atoms with E-state index >= 15 is 0 Å². The summed E-state index contributed by atoms with van der Waals surface area (Å²) in [5.74, 6) is -0.451. The van der Waals surface area contributed by atoms with Gasteiger partial charge in [0.2, 0.25) is 5.91 Å². The monoisotopic (exact) mass is 467 g/mol. The molecule has 2 aromatic rings. The van der Waals surface area contributed by atoms with E-state index < -0.39 is 11.8 Å². The van der Waals surface area contributed by atoms with Crippen molar-refractivity contribution in [1.82, 2.24) is 5.32 Å². The largest absolute Gasteiger partial charge is 0.354 e. The minimum atomic E-state index is -0.433. The van der Waals surface area contributed by atoms with E-state index in [9.17, 15) is 14.0 Å². The van der Waals surface area contributed by atoms with Gasteiger partial charge in [-0.15, -0.1) is 0 Å². The van der Waals surface area contributed by atoms with Crippen LogP contribution in [-0.4, -0.2) is 25.0 Å². The van der Waals surface area contributed by atoms with Gasteiger partial charge < -0.3 is 10.6 Å². The quantitative estimate of drug-likeness (QED) is 0.418. The van der Waals surface area contributed by atoms with E-state index in [-0.39, 0.29) is 24.9 Å². The van der Waals surface area contributed by atoms with Gasteiger partial charge in [0, 0.05) is 30.4 Å². The highest BCUT2D eigenvalue weighted by molar-refractivity contribution is 6.42. The smallest absolute Gasteiger partial charge is 0.326 e. The molecular formula is C23H28Cl2FN3O2. The minimum Gasteiger partial charge on any atom is -0.354 e. The number of carbonyl (C=O) groups excluding carboxylic acids is 2. The zero-order valence-corrected chi connectivity index (χ0v) is 19.3. The summed E-state index contributed by atoms with van der Waals surface area (Å²) in [4.78, 5) is 26.8. The molecule has 8 heteroatoms. The first kappa shape index (κ1) is 25.0. The SMILES string of the molecule is CCCCC(CC)C(=O)NCCN(C(=O)Nc1ccc(Cl)c(Cl)c1)c1ccc(F)cc1. The van der Waals surface area contributed by atoms with Crippen LogP contribution in [0.25, 0.3) is 0 Å². The second-order valence-electron chi connectivity index (χ2n) is 7.23. The van der Waals surface area contributed by atoms with E-state index in [0.29, 0.717) is 21.4 Å². The number of hydrogen-bond acceptors (Lipinski definition) is 2. The van der Waals surface area contributed by atoms with Crippen molar-refractivity contribution in [3.63, 3.8) is 0 Å². The van der Waals surface area contributed by atoms with Crippen molar-refractivity contribution < 1.29 is 14.0 Å². The molecule has 168 valence electrons. The molecule has 3 amide bonds. The molecule has 0 saturated heterocycles. The molecule has 0 fully saturated rings. The first-order valence-corrected chi connectivity index (χ1v) is 11.2. The van der Waals surface area contributed by atoms with Crippen molar-refractivity contribution in [3.8, 4) is 0 Å². The predicted octanol–water partition coefficient (Wildman–Crippen LogP) is 6.50. The Morgan fingerprint density at radius 2 is 1.77 bits per heavy atom. The lowest BCUT2D eigenvalue weighted by molar-refractivity contribution is -0.125. The molecule has 0 bridgehead atoms. The maximum absolute atomic E-state index is 13.4. The lowest BCUT2D eigenvalue weighted by Crippen LogP contribution is -2.42. The van der Waals surface area contributed by atoms with Crippen molar-refractivity contribution in [3.05, 3.63) is 58.3 Å². The fourth-order valence-electron chi connectivity index (χ4n) is 3.14. The van der Waals surface area contributed by atoms with E-state index in [0.717, 1.165) is 25.7 Å². The summed E-state index contributed by atoms with van der Waals surface area (Å²) in [6.07, 6.45) is 3.65. The van der Waals surface area contributed by atoms with Crippen molar-refractivity contribution in [2.75, 3.05) is 23.3 Å². The van der Waals surface area contributed by atoms with Gasteiger partial charge in [0.05, 0.1) is 10.0 Å². The molecule has 0 aliphatic carbocycles. The number of benzene rings is 2. The number of unbranched alkanes of at least 4 members (excludes halogenated alkanes) is 1. The summed E-state index contributed by atoms with van der Waals surface area (Å²) in [7, 11) is 0. The van der Waals surface area contributed by atoms with Crippen LogP contribution in [0.4, 0.5) is 20.6 Å². The van der Waals surface area contributed by atoms with Gasteiger partial charge in [-0.2, -0.15) is 0 Å². The number of halogens is 3. The Labute approximate surface area is 192 Å². The van der Waals surface area contributed by atoms with E-state index in [1.165, 1.54) is 29.2 Å². The van der Waals surface area contributed by atoms with Gasteiger partial charge in [0.1, 0.15) is 5.82 Å². The maximum Gasteiger partial charge on any atom is 0.326 e. The molecule has 0 heterocycles. The number of anilines is 2. The lowest BCUT2D eigenvalue weighted by Gasteiger charge is -2.24. The Morgan fingerprint density at radius 3 is 2.39 bits per heavy atom. The van der Waals surface area contributed by atoms with Crippen molar-refractivity contribution >= 4 is 46.5 Å². The summed E-state index contributed by atoms with van der Waals surface area (Å²) < 4.78 is 13.4. The third-order valence-electron chi connectivity index (χ3n) is 4.96. The van der Waals surface area contributed by atoms with Crippen LogP contribution in [0.5, 0.6) is 0 Å². The van der Waals surface area contributed by atoms with Crippen molar-refractivity contribution in [2.24, 2.45) is 5.92 Å². The van der Waals surface area contributed by atoms with Crippen LogP contribution in [0, 0.1) is 11.7 Å². The van der Waals surface area contributed by atoms with Gasteiger partial charge in [-0.3, -0.25) is 9.69 Å². The van der Waals surface area contributed by atoms with E-state index in [4.69, 9.17) is 23.2 Å². The molecule has 0 aliphatic heterocycles. The summed E-state index contributed by atoms with van der Waals surface area (Å²) in [6.45, 7) is 4.58. The van der Waals surface area contributed by atoms with E-state index in [1.807, 2.05) is 6.92 Å². The lowest BCUT2D eigenvalue weighted by atomic mass is 9.98. The summed E-state index contributed by atoms with van der Waals surface area (Å²) in [5, 5.41) is 6.38. The van der Waals surface area contributed by atoms with E-state index in [2.05, 4.69) is 17.6 Å². The summed E-state index contributed by atoms with van der Waals surface area (Å²) >= 11 is 12.0. The topological polar surface area (TPSA) is 61.4 Å². The Morgan fingerprint density at radius 1 is 1.06 bits per heavy atom. The van der Waals surface area contributed by atoms with Gasteiger partial charge >= 0.3 is 6.03 Å². The zero-order valence-electron chi connectivity index (χ0n) is 17.8. The second kappa shape index (κ2) is 12.5. The van der Waals surface area contributed by atoms with Crippen LogP contribution in [0.1, 0.15) is 39.5 Å². The normalized spacial score (nSPS) is 11.6. The van der Waals surface area contributed by atoms with Crippen molar-refractivity contribution in [2.45, 2.75) is 39.5 Å². The highest BCUT2D eigenvalue weighted by Gasteiger charge is 2.19. The highest BCUT2D eigenvalue weighted by atomic mass is 35.5. The van der Waals surface area contributed by atoms with Crippen LogP contribution < -0.4 is 15.5 Å². The van der Waals surface area contributed by atoms with Crippen LogP contribution in [0.2, 0.25) is 10.0 Å². The van der Waals surface area contributed by atoms with Gasteiger partial charge in [0.15, 0.2) is 0 Å². The van der Waals surface area contributed by atoms with Gasteiger partial charge in [0.25, 0.3) is 0 Å². The number of hydrogen-bond donors (Lipinski definition) is 2. The first-order chi connectivity index (χ1) is 14.8. The maximum atomic E-state index is 13.4. The molecule has 1 unspecified atom stereocenters. The molecule has 2 rings (SSSR count). The number of nitrogens with zero attached hydrogens (tertiary/aromatic N) is 1. The molecule has 5 nitrogen and oxygen atoms in total. The molecule has 0 spiro atoms. The molecule has 0 aliphatic rings. The minimum absolute atomic E-state index is 0.0140. The van der Waals surface area contributed by atoms with Gasteiger partial charge in [-0.1, -0.05) is 49.9 Å². The van der Waals surface area contributed by atoms with Gasteiger partial charge in [-0.25, -0.2) is 9.18 Å². The summed E-state index contributed by atoms with van der Waals surface area (Å²) in [6, 6.07) is 9.93. The Hall–Kier alpha value is -2.31. The average Bonchev–Trinajstić information content (AvgIpc) is 2.75. The number of carbonyl (C=O) groups is 2. The molecule has 0 aromatic heterocycles. The molecule has 2 aromatic carbocycles. The Bertz CT molecular complexity index is 878. The number of rotatable bonds is 10. The molecule has 2 N–H and O–H groups in total. The predicted molar refractivity (Wildman–Crippen MR) is 126 cm³/mol. The third kappa shape index (κ3) is 7.71. The average molecular weight is 468 g/mol. The van der Waals surface area contributed by atoms with E-state index in [1.54, 1.807) is 18.2 Å². The van der Waals surface area contributed by atoms with Gasteiger partial charge in [-0.05, 0) is 55.3 Å². The van der Waals surface area contributed by atoms with Crippen LogP contribution in [0.15, 0.2) is 42.5 Å². The molecule has 31 heavy (non-hydrogen) atoms. The first-order valence-electron chi connectivity index (χ1n) is 10.4. The zero-order chi connectivity index (χ0) is 22.8. The highest BCUT2D eigenvalue weighted by Crippen LogP contribution is 2.25. The number of amides is 3. The number of nitrogens with one attached hydrogen (secondary N) is 2. The molecule has 0 radical (unpaired) electrons. The molecule has 0 saturated carbocycles. The van der Waals surface area contributed by atoms with Crippen LogP contribution in [-0.2, 0) is 4.79 Å². The fraction of sp³-hybridized carbons (Fsp3) is 0.391. The molecular weight excluding hydrogens is 440 g/mol. The second-order valence-corrected chi connectivity index (χ2v) is 8.04. The van der Waals surface area contributed by atoms with Crippen molar-refractivity contribution in [1.29, 1.82) is 0 Å². The van der Waals surface area contributed by atoms with Crippen LogP contribution >= 0.6 is 23.2 Å². The molecule has 1 atom stereocenters. The Kier molecular flexibility index (Phi) is 10.1. The Balaban J connectivity index is 2.08. The fourth-order valence-corrected chi connectivity index (χ4v) is 3.44. The van der Waals surface area contributed by atoms with Crippen LogP contribution in [0.3, 0.4) is 0 Å². The number of urea groups is 1. The summed E-state index contributed by atoms with van der Waals surface area (Å²) in [5.41, 5.74) is 0.979.